The highest BCUT2D eigenvalue weighted by Crippen LogP contribution is 2.21. The number of hydrogen-bond donors (Lipinski definition) is 0. The Morgan fingerprint density at radius 1 is 1.44 bits per heavy atom. The summed E-state index contributed by atoms with van der Waals surface area (Å²) in [6.45, 7) is 4.30. The minimum atomic E-state index is -0.411. The Morgan fingerprint density at radius 3 is 2.78 bits per heavy atom. The van der Waals surface area contributed by atoms with E-state index in [1.54, 1.807) is 11.8 Å². The standard InChI is InChI=1S/C14H19FO2S/c1-10(2)6-7-18-9-13(16)12-8-11(15)4-5-14(12)17-3/h4-5,8,10H,6-7,9H2,1-3H3. The molecule has 0 N–H and O–H groups in total. The van der Waals surface area contributed by atoms with E-state index in [9.17, 15) is 9.18 Å². The van der Waals surface area contributed by atoms with Gasteiger partial charge in [0.2, 0.25) is 0 Å². The number of Topliss-reactive ketones (excluding diaryl/α,β-unsaturated/α-hetero) is 1. The van der Waals surface area contributed by atoms with E-state index in [-0.39, 0.29) is 5.78 Å². The summed E-state index contributed by atoms with van der Waals surface area (Å²) < 4.78 is 18.2. The Hall–Kier alpha value is -1.03. The molecular formula is C14H19FO2S. The first kappa shape index (κ1) is 15.0. The molecule has 0 aliphatic carbocycles. The van der Waals surface area contributed by atoms with E-state index in [0.29, 0.717) is 23.0 Å². The van der Waals surface area contributed by atoms with Crippen molar-refractivity contribution in [1.82, 2.24) is 0 Å². The van der Waals surface area contributed by atoms with Gasteiger partial charge in [-0.1, -0.05) is 13.8 Å². The molecule has 1 rings (SSSR count). The van der Waals surface area contributed by atoms with E-state index >= 15 is 0 Å². The van der Waals surface area contributed by atoms with Gasteiger partial charge < -0.3 is 4.74 Å². The summed E-state index contributed by atoms with van der Waals surface area (Å²) in [5.74, 6) is 1.89. The average molecular weight is 270 g/mol. The topological polar surface area (TPSA) is 26.3 Å². The summed E-state index contributed by atoms with van der Waals surface area (Å²) in [6, 6.07) is 4.02. The highest BCUT2D eigenvalue weighted by atomic mass is 32.2. The summed E-state index contributed by atoms with van der Waals surface area (Å²) >= 11 is 1.58. The molecule has 0 spiro atoms. The number of carbonyl (C=O) groups excluding carboxylic acids is 1. The van der Waals surface area contributed by atoms with E-state index in [4.69, 9.17) is 4.74 Å². The van der Waals surface area contributed by atoms with Crippen LogP contribution in [0.1, 0.15) is 30.6 Å². The number of rotatable bonds is 7. The lowest BCUT2D eigenvalue weighted by atomic mass is 10.1. The Balaban J connectivity index is 2.58. The van der Waals surface area contributed by atoms with Gasteiger partial charge in [0.1, 0.15) is 11.6 Å². The third-order valence-corrected chi connectivity index (χ3v) is 3.53. The van der Waals surface area contributed by atoms with Crippen LogP contribution in [0.4, 0.5) is 4.39 Å². The van der Waals surface area contributed by atoms with Crippen LogP contribution in [-0.2, 0) is 0 Å². The van der Waals surface area contributed by atoms with Crippen LogP contribution in [0.15, 0.2) is 18.2 Å². The van der Waals surface area contributed by atoms with Gasteiger partial charge >= 0.3 is 0 Å². The van der Waals surface area contributed by atoms with Crippen molar-refractivity contribution in [2.45, 2.75) is 20.3 Å². The second kappa shape index (κ2) is 7.41. The monoisotopic (exact) mass is 270 g/mol. The number of ketones is 1. The van der Waals surface area contributed by atoms with Crippen molar-refractivity contribution in [3.63, 3.8) is 0 Å². The van der Waals surface area contributed by atoms with Crippen LogP contribution in [0.25, 0.3) is 0 Å². The summed E-state index contributed by atoms with van der Waals surface area (Å²) in [5.41, 5.74) is 0.328. The third kappa shape index (κ3) is 4.69. The summed E-state index contributed by atoms with van der Waals surface area (Å²) in [4.78, 5) is 12.0. The smallest absolute Gasteiger partial charge is 0.176 e. The van der Waals surface area contributed by atoms with Crippen molar-refractivity contribution in [3.05, 3.63) is 29.6 Å². The van der Waals surface area contributed by atoms with E-state index < -0.39 is 5.82 Å². The minimum absolute atomic E-state index is 0.0832. The van der Waals surface area contributed by atoms with Crippen LogP contribution >= 0.6 is 11.8 Å². The molecule has 0 aromatic heterocycles. The molecule has 18 heavy (non-hydrogen) atoms. The number of halogens is 1. The van der Waals surface area contributed by atoms with Gasteiger partial charge in [-0.2, -0.15) is 11.8 Å². The molecule has 4 heteroatoms. The lowest BCUT2D eigenvalue weighted by Crippen LogP contribution is -2.06. The summed E-state index contributed by atoms with van der Waals surface area (Å²) in [7, 11) is 1.48. The fourth-order valence-corrected chi connectivity index (χ4v) is 2.58. The lowest BCUT2D eigenvalue weighted by molar-refractivity contribution is 0.101. The van der Waals surface area contributed by atoms with Crippen molar-refractivity contribution in [2.24, 2.45) is 5.92 Å². The SMILES string of the molecule is COc1ccc(F)cc1C(=O)CSCCC(C)C. The van der Waals surface area contributed by atoms with Crippen molar-refractivity contribution < 1.29 is 13.9 Å². The Bertz CT molecular complexity index is 405. The van der Waals surface area contributed by atoms with E-state index in [1.807, 2.05) is 0 Å². The molecule has 0 unspecified atom stereocenters. The lowest BCUT2D eigenvalue weighted by Gasteiger charge is -2.08. The molecule has 0 radical (unpaired) electrons. The molecule has 0 aliphatic rings. The maximum absolute atomic E-state index is 13.1. The van der Waals surface area contributed by atoms with Gasteiger partial charge in [-0.15, -0.1) is 0 Å². The molecular weight excluding hydrogens is 251 g/mol. The van der Waals surface area contributed by atoms with Gasteiger partial charge in [0.25, 0.3) is 0 Å². The van der Waals surface area contributed by atoms with Gasteiger partial charge in [-0.25, -0.2) is 4.39 Å². The molecule has 1 aromatic carbocycles. The molecule has 0 amide bonds. The number of ether oxygens (including phenoxy) is 1. The fraction of sp³-hybridized carbons (Fsp3) is 0.500. The largest absolute Gasteiger partial charge is 0.496 e. The highest BCUT2D eigenvalue weighted by molar-refractivity contribution is 7.99. The van der Waals surface area contributed by atoms with Crippen LogP contribution in [0, 0.1) is 11.7 Å². The normalized spacial score (nSPS) is 10.7. The Morgan fingerprint density at radius 2 is 2.17 bits per heavy atom. The van der Waals surface area contributed by atoms with Crippen LogP contribution in [0.5, 0.6) is 5.75 Å². The molecule has 100 valence electrons. The second-order valence-electron chi connectivity index (χ2n) is 4.50. The Kier molecular flexibility index (Phi) is 6.19. The third-order valence-electron chi connectivity index (χ3n) is 2.53. The first-order chi connectivity index (χ1) is 8.54. The van der Waals surface area contributed by atoms with E-state index in [0.717, 1.165) is 12.2 Å². The zero-order valence-corrected chi connectivity index (χ0v) is 11.8. The van der Waals surface area contributed by atoms with Gasteiger partial charge in [0.05, 0.1) is 18.4 Å². The molecule has 0 atom stereocenters. The van der Waals surface area contributed by atoms with Gasteiger partial charge in [0, 0.05) is 0 Å². The molecule has 2 nitrogen and oxygen atoms in total. The number of thioether (sulfide) groups is 1. The van der Waals surface area contributed by atoms with Gasteiger partial charge in [-0.05, 0) is 36.3 Å². The first-order valence-corrected chi connectivity index (χ1v) is 7.14. The van der Waals surface area contributed by atoms with Crippen molar-refractivity contribution in [2.75, 3.05) is 18.6 Å². The molecule has 0 saturated carbocycles. The first-order valence-electron chi connectivity index (χ1n) is 5.99. The number of benzene rings is 1. The van der Waals surface area contributed by atoms with Crippen LogP contribution < -0.4 is 4.74 Å². The van der Waals surface area contributed by atoms with Crippen molar-refractivity contribution in [3.8, 4) is 5.75 Å². The average Bonchev–Trinajstić information content (AvgIpc) is 2.34. The number of carbonyl (C=O) groups is 1. The molecule has 0 saturated heterocycles. The second-order valence-corrected chi connectivity index (χ2v) is 5.61. The molecule has 0 bridgehead atoms. The fourth-order valence-electron chi connectivity index (χ4n) is 1.46. The van der Waals surface area contributed by atoms with Crippen LogP contribution in [0.3, 0.4) is 0 Å². The van der Waals surface area contributed by atoms with Crippen LogP contribution in [0.2, 0.25) is 0 Å². The van der Waals surface area contributed by atoms with Crippen molar-refractivity contribution >= 4 is 17.5 Å². The quantitative estimate of drug-likeness (QED) is 0.557. The minimum Gasteiger partial charge on any atom is -0.496 e. The van der Waals surface area contributed by atoms with Gasteiger partial charge in [0.15, 0.2) is 5.78 Å². The highest BCUT2D eigenvalue weighted by Gasteiger charge is 2.13. The zero-order chi connectivity index (χ0) is 13.5. The van der Waals surface area contributed by atoms with E-state index in [2.05, 4.69) is 13.8 Å². The predicted molar refractivity (Wildman–Crippen MR) is 74.1 cm³/mol. The Labute approximate surface area is 112 Å². The zero-order valence-electron chi connectivity index (χ0n) is 11.0. The maximum Gasteiger partial charge on any atom is 0.176 e. The maximum atomic E-state index is 13.1. The van der Waals surface area contributed by atoms with E-state index in [1.165, 1.54) is 25.3 Å². The van der Waals surface area contributed by atoms with Crippen molar-refractivity contribution in [1.29, 1.82) is 0 Å². The van der Waals surface area contributed by atoms with Gasteiger partial charge in [-0.3, -0.25) is 4.79 Å². The van der Waals surface area contributed by atoms with Crippen LogP contribution in [-0.4, -0.2) is 24.4 Å². The number of methoxy groups -OCH3 is 1. The molecule has 1 aromatic rings. The summed E-state index contributed by atoms with van der Waals surface area (Å²) in [5, 5.41) is 0. The predicted octanol–water partition coefficient (Wildman–Crippen LogP) is 3.80. The molecule has 0 heterocycles. The summed E-state index contributed by atoms with van der Waals surface area (Å²) in [6.07, 6.45) is 1.08. The number of hydrogen-bond acceptors (Lipinski definition) is 3. The molecule has 0 fully saturated rings. The molecule has 0 aliphatic heterocycles.